The Hall–Kier alpha value is -1.94. The third-order valence-electron chi connectivity index (χ3n) is 6.58. The van der Waals surface area contributed by atoms with E-state index in [0.717, 1.165) is 19.8 Å². The Balaban J connectivity index is 1.71. The molecule has 0 saturated carbocycles. The van der Waals surface area contributed by atoms with Crippen LogP contribution in [0.5, 0.6) is 0 Å². The first-order chi connectivity index (χ1) is 14.1. The number of benzene rings is 2. The van der Waals surface area contributed by atoms with Crippen molar-refractivity contribution in [2.75, 3.05) is 26.4 Å². The van der Waals surface area contributed by atoms with Crippen LogP contribution in [0.3, 0.4) is 0 Å². The summed E-state index contributed by atoms with van der Waals surface area (Å²) in [7, 11) is -0.553. The van der Waals surface area contributed by atoms with Crippen LogP contribution in [-0.2, 0) is 14.5 Å². The Kier molecular flexibility index (Phi) is 5.91. The van der Waals surface area contributed by atoms with E-state index in [1.165, 1.54) is 39.0 Å². The molecule has 0 heterocycles. The van der Waals surface area contributed by atoms with Gasteiger partial charge in [0.1, 0.15) is 0 Å². The molecule has 0 amide bonds. The average molecular weight is 405 g/mol. The van der Waals surface area contributed by atoms with Crippen LogP contribution in [0.25, 0.3) is 11.1 Å². The van der Waals surface area contributed by atoms with Crippen LogP contribution in [0.1, 0.15) is 55.5 Å². The van der Waals surface area contributed by atoms with Crippen molar-refractivity contribution in [2.45, 2.75) is 38.3 Å². The van der Waals surface area contributed by atoms with Gasteiger partial charge in [-0.1, -0.05) is 67.1 Å². The van der Waals surface area contributed by atoms with Crippen molar-refractivity contribution in [1.82, 2.24) is 0 Å². The van der Waals surface area contributed by atoms with Crippen molar-refractivity contribution in [3.05, 3.63) is 82.4 Å². The highest BCUT2D eigenvalue weighted by Crippen LogP contribution is 2.47. The van der Waals surface area contributed by atoms with Gasteiger partial charge in [0.15, 0.2) is 0 Å². The topological polar surface area (TPSA) is 18.5 Å². The number of rotatable bonds is 8. The first-order valence-corrected chi connectivity index (χ1v) is 12.4. The molecule has 0 spiro atoms. The zero-order chi connectivity index (χ0) is 20.4. The van der Waals surface area contributed by atoms with E-state index < -0.39 is 9.52 Å². The Morgan fingerprint density at radius 2 is 1.55 bits per heavy atom. The first kappa shape index (κ1) is 20.3. The quantitative estimate of drug-likeness (QED) is 0.572. The lowest BCUT2D eigenvalue weighted by atomic mass is 10.0. The highest BCUT2D eigenvalue weighted by Gasteiger charge is 2.39. The van der Waals surface area contributed by atoms with Gasteiger partial charge in [-0.05, 0) is 59.7 Å². The standard InChI is InChI=1S/C26H32O2Si/c1-5-27-16-19-15-26(4,24-14-10-9-11-20(19)24)29-25-18(3)23(17-28-6-2)21-12-7-8-13-22(21)25/h7-15,25H,5-6,16-17,29H2,1-4H3. The van der Waals surface area contributed by atoms with Crippen molar-refractivity contribution in [1.29, 1.82) is 0 Å². The van der Waals surface area contributed by atoms with Gasteiger partial charge in [0, 0.05) is 18.3 Å². The van der Waals surface area contributed by atoms with Crippen LogP contribution >= 0.6 is 0 Å². The van der Waals surface area contributed by atoms with E-state index in [2.05, 4.69) is 82.3 Å². The van der Waals surface area contributed by atoms with E-state index in [1.54, 1.807) is 0 Å². The predicted molar refractivity (Wildman–Crippen MR) is 125 cm³/mol. The molecule has 152 valence electrons. The van der Waals surface area contributed by atoms with Gasteiger partial charge in [-0.25, -0.2) is 0 Å². The molecule has 2 aliphatic carbocycles. The number of hydrogen-bond acceptors (Lipinski definition) is 2. The van der Waals surface area contributed by atoms with E-state index in [9.17, 15) is 0 Å². The smallest absolute Gasteiger partial charge is 0.0722 e. The van der Waals surface area contributed by atoms with Crippen LogP contribution in [0.4, 0.5) is 0 Å². The summed E-state index contributed by atoms with van der Waals surface area (Å²) in [6, 6.07) is 17.9. The number of fused-ring (bicyclic) bond motifs is 2. The van der Waals surface area contributed by atoms with Crippen molar-refractivity contribution >= 4 is 20.7 Å². The molecule has 0 fully saturated rings. The zero-order valence-corrected chi connectivity index (χ0v) is 19.5. The maximum absolute atomic E-state index is 5.83. The molecule has 0 bridgehead atoms. The van der Waals surface area contributed by atoms with Crippen LogP contribution in [0.2, 0.25) is 0 Å². The lowest BCUT2D eigenvalue weighted by Gasteiger charge is -2.28. The summed E-state index contributed by atoms with van der Waals surface area (Å²) in [6.07, 6.45) is 2.52. The van der Waals surface area contributed by atoms with Crippen LogP contribution in [0.15, 0.2) is 60.2 Å². The zero-order valence-electron chi connectivity index (χ0n) is 18.1. The molecule has 2 atom stereocenters. The van der Waals surface area contributed by atoms with Gasteiger partial charge in [-0.3, -0.25) is 0 Å². The molecule has 2 aromatic rings. The van der Waals surface area contributed by atoms with Crippen molar-refractivity contribution in [3.8, 4) is 0 Å². The van der Waals surface area contributed by atoms with Crippen LogP contribution < -0.4 is 0 Å². The molecule has 4 rings (SSSR count). The summed E-state index contributed by atoms with van der Waals surface area (Å²) in [5.74, 6) is 0. The molecule has 0 saturated heterocycles. The molecule has 0 aliphatic heterocycles. The van der Waals surface area contributed by atoms with Crippen LogP contribution in [-0.4, -0.2) is 35.9 Å². The molecule has 2 nitrogen and oxygen atoms in total. The maximum atomic E-state index is 5.83. The summed E-state index contributed by atoms with van der Waals surface area (Å²) in [5, 5.41) is 0.142. The van der Waals surface area contributed by atoms with E-state index >= 15 is 0 Å². The van der Waals surface area contributed by atoms with E-state index in [4.69, 9.17) is 9.47 Å². The Morgan fingerprint density at radius 1 is 0.897 bits per heavy atom. The first-order valence-electron chi connectivity index (χ1n) is 10.8. The molecular formula is C26H32O2Si. The minimum Gasteiger partial charge on any atom is -0.377 e. The number of ether oxygens (including phenoxy) is 2. The molecule has 2 aromatic carbocycles. The minimum absolute atomic E-state index is 0.142. The maximum Gasteiger partial charge on any atom is 0.0722 e. The monoisotopic (exact) mass is 404 g/mol. The fourth-order valence-corrected chi connectivity index (χ4v) is 7.99. The Labute approximate surface area is 177 Å². The van der Waals surface area contributed by atoms with Gasteiger partial charge in [0.25, 0.3) is 0 Å². The van der Waals surface area contributed by atoms with Crippen molar-refractivity contribution in [2.24, 2.45) is 0 Å². The van der Waals surface area contributed by atoms with E-state index in [1.807, 2.05) is 0 Å². The summed E-state index contributed by atoms with van der Waals surface area (Å²) >= 11 is 0. The second-order valence-electron chi connectivity index (χ2n) is 8.41. The Bertz CT molecular complexity index is 959. The Morgan fingerprint density at radius 3 is 2.31 bits per heavy atom. The predicted octanol–water partition coefficient (Wildman–Crippen LogP) is 5.07. The normalized spacial score (nSPS) is 23.0. The highest BCUT2D eigenvalue weighted by atomic mass is 28.2. The van der Waals surface area contributed by atoms with Gasteiger partial charge in [-0.15, -0.1) is 0 Å². The largest absolute Gasteiger partial charge is 0.377 e. The van der Waals surface area contributed by atoms with Gasteiger partial charge in [0.05, 0.1) is 22.7 Å². The summed E-state index contributed by atoms with van der Waals surface area (Å²) in [6.45, 7) is 11.9. The summed E-state index contributed by atoms with van der Waals surface area (Å²) in [5.41, 5.74) is 10.6. The molecular weight excluding hydrogens is 372 g/mol. The minimum atomic E-state index is -0.553. The molecule has 0 radical (unpaired) electrons. The summed E-state index contributed by atoms with van der Waals surface area (Å²) in [4.78, 5) is 0. The molecule has 0 aromatic heterocycles. The van der Waals surface area contributed by atoms with Crippen LogP contribution in [0, 0.1) is 0 Å². The fraction of sp³-hybridized carbons (Fsp3) is 0.385. The second-order valence-corrected chi connectivity index (χ2v) is 11.1. The van der Waals surface area contributed by atoms with Crippen molar-refractivity contribution < 1.29 is 9.47 Å². The highest BCUT2D eigenvalue weighted by molar-refractivity contribution is 6.46. The van der Waals surface area contributed by atoms with Gasteiger partial charge < -0.3 is 9.47 Å². The molecule has 2 aliphatic rings. The third-order valence-corrected chi connectivity index (χ3v) is 9.48. The SMILES string of the molecule is CCOCC1=CC(C)([SiH2]C2C(C)=C(COCC)c3ccccc32)c2ccccc21. The van der Waals surface area contributed by atoms with Crippen molar-refractivity contribution in [3.63, 3.8) is 0 Å². The number of hydrogen-bond donors (Lipinski definition) is 0. The van der Waals surface area contributed by atoms with E-state index in [0.29, 0.717) is 12.1 Å². The van der Waals surface area contributed by atoms with Gasteiger partial charge in [-0.2, -0.15) is 0 Å². The lowest BCUT2D eigenvalue weighted by Crippen LogP contribution is -2.30. The van der Waals surface area contributed by atoms with Gasteiger partial charge in [0.2, 0.25) is 0 Å². The molecule has 29 heavy (non-hydrogen) atoms. The van der Waals surface area contributed by atoms with E-state index in [-0.39, 0.29) is 5.04 Å². The molecule has 3 heteroatoms. The third kappa shape index (κ3) is 3.68. The number of allylic oxidation sites excluding steroid dienone is 2. The second kappa shape index (κ2) is 8.43. The molecule has 0 N–H and O–H groups in total. The lowest BCUT2D eigenvalue weighted by molar-refractivity contribution is 0.182. The fourth-order valence-electron chi connectivity index (χ4n) is 5.12. The van der Waals surface area contributed by atoms with Gasteiger partial charge >= 0.3 is 0 Å². The molecule has 2 unspecified atom stereocenters. The summed E-state index contributed by atoms with van der Waals surface area (Å²) < 4.78 is 11.6. The average Bonchev–Trinajstić information content (AvgIpc) is 3.17.